The van der Waals surface area contributed by atoms with Gasteiger partial charge in [0.05, 0.1) is 13.7 Å². The highest BCUT2D eigenvalue weighted by atomic mass is 16.5. The zero-order valence-electron chi connectivity index (χ0n) is 20.9. The number of hydrogen-bond acceptors (Lipinski definition) is 5. The predicted molar refractivity (Wildman–Crippen MR) is 132 cm³/mol. The average molecular weight is 435 g/mol. The highest BCUT2D eigenvalue weighted by Gasteiger charge is 2.24. The van der Waals surface area contributed by atoms with Crippen LogP contribution in [0.3, 0.4) is 0 Å². The number of hydrogen-bond donors (Lipinski definition) is 0. The van der Waals surface area contributed by atoms with Crippen molar-refractivity contribution in [1.82, 2.24) is 14.7 Å². The van der Waals surface area contributed by atoms with Crippen molar-refractivity contribution in [2.75, 3.05) is 77.5 Å². The molecule has 0 aliphatic carbocycles. The minimum absolute atomic E-state index is 0.292. The van der Waals surface area contributed by atoms with E-state index < -0.39 is 0 Å². The van der Waals surface area contributed by atoms with Gasteiger partial charge in [0.15, 0.2) is 0 Å². The van der Waals surface area contributed by atoms with E-state index in [4.69, 9.17) is 4.74 Å². The molecule has 0 N–H and O–H groups in total. The third-order valence-electron chi connectivity index (χ3n) is 5.70. The number of amides is 1. The first-order chi connectivity index (χ1) is 15.2. The van der Waals surface area contributed by atoms with Crippen LogP contribution in [0.25, 0.3) is 0 Å². The molecule has 6 heteroatoms. The molecule has 0 aromatic heterocycles. The van der Waals surface area contributed by atoms with Gasteiger partial charge >= 0.3 is 0 Å². The predicted octanol–water partition coefficient (Wildman–Crippen LogP) is 3.81. The van der Waals surface area contributed by atoms with Crippen LogP contribution in [0.5, 0.6) is 5.75 Å². The van der Waals surface area contributed by atoms with E-state index in [9.17, 15) is 4.79 Å². The molecule has 0 saturated carbocycles. The number of ether oxygens (including phenoxy) is 1. The van der Waals surface area contributed by atoms with Crippen molar-refractivity contribution >= 4 is 11.6 Å². The van der Waals surface area contributed by atoms with Crippen LogP contribution in [-0.4, -0.2) is 93.2 Å². The van der Waals surface area contributed by atoms with Crippen molar-refractivity contribution in [3.05, 3.63) is 24.3 Å². The zero-order chi connectivity index (χ0) is 23.1. The third-order valence-corrected chi connectivity index (χ3v) is 5.70. The smallest absolute Gasteiger partial charge is 0.236 e. The maximum Gasteiger partial charge on any atom is 0.236 e. The Bertz CT molecular complexity index is 595. The Labute approximate surface area is 191 Å². The van der Waals surface area contributed by atoms with Crippen molar-refractivity contribution in [3.63, 3.8) is 0 Å². The van der Waals surface area contributed by atoms with Gasteiger partial charge in [-0.05, 0) is 25.1 Å². The molecule has 3 rings (SSSR count). The van der Waals surface area contributed by atoms with Gasteiger partial charge in [-0.1, -0.05) is 47.1 Å². The quantitative estimate of drug-likeness (QED) is 0.652. The van der Waals surface area contributed by atoms with Gasteiger partial charge in [-0.25, -0.2) is 0 Å². The lowest BCUT2D eigenvalue weighted by atomic mass is 10.2. The summed E-state index contributed by atoms with van der Waals surface area (Å²) in [5.41, 5.74) is 1.20. The van der Waals surface area contributed by atoms with Crippen molar-refractivity contribution < 1.29 is 9.53 Å². The Morgan fingerprint density at radius 1 is 0.903 bits per heavy atom. The first-order valence-electron chi connectivity index (χ1n) is 12.3. The van der Waals surface area contributed by atoms with Crippen LogP contribution in [0.1, 0.15) is 47.5 Å². The molecule has 2 fully saturated rings. The number of rotatable bonds is 7. The molecular weight excluding hydrogens is 388 g/mol. The highest BCUT2D eigenvalue weighted by Crippen LogP contribution is 2.22. The maximum atomic E-state index is 12.7. The van der Waals surface area contributed by atoms with Crippen LogP contribution >= 0.6 is 0 Å². The summed E-state index contributed by atoms with van der Waals surface area (Å²) in [6.07, 6.45) is 2.49. The number of piperazine rings is 2. The molecule has 1 aromatic carbocycles. The van der Waals surface area contributed by atoms with Crippen LogP contribution in [0.15, 0.2) is 24.3 Å². The second-order valence-electron chi connectivity index (χ2n) is 7.54. The van der Waals surface area contributed by atoms with E-state index in [2.05, 4.69) is 38.7 Å². The molecule has 1 amide bonds. The highest BCUT2D eigenvalue weighted by molar-refractivity contribution is 5.78. The van der Waals surface area contributed by atoms with E-state index in [1.165, 1.54) is 25.1 Å². The van der Waals surface area contributed by atoms with Crippen LogP contribution in [0, 0.1) is 0 Å². The van der Waals surface area contributed by atoms with Crippen LogP contribution in [-0.2, 0) is 4.79 Å². The Morgan fingerprint density at radius 2 is 1.52 bits per heavy atom. The third kappa shape index (κ3) is 9.08. The fourth-order valence-electron chi connectivity index (χ4n) is 3.87. The summed E-state index contributed by atoms with van der Waals surface area (Å²) in [6.45, 7) is 19.5. The largest absolute Gasteiger partial charge is 0.497 e. The molecular formula is C25H46N4O2. The number of anilines is 1. The Hall–Kier alpha value is -1.79. The molecule has 0 spiro atoms. The summed E-state index contributed by atoms with van der Waals surface area (Å²) in [5.74, 6) is 1.18. The summed E-state index contributed by atoms with van der Waals surface area (Å²) in [5, 5.41) is 0. The number of benzene rings is 1. The van der Waals surface area contributed by atoms with Gasteiger partial charge in [0.1, 0.15) is 5.75 Å². The normalized spacial score (nSPS) is 17.2. The SMILES string of the molecule is CC.CC.CCCCN1CCN(C(=O)CN2CCN(c3cccc(OC)c3)CC2)CC1. The lowest BCUT2D eigenvalue weighted by Gasteiger charge is -2.38. The monoisotopic (exact) mass is 434 g/mol. The molecule has 178 valence electrons. The van der Waals surface area contributed by atoms with E-state index in [1.807, 2.05) is 39.8 Å². The summed E-state index contributed by atoms with van der Waals surface area (Å²) in [6, 6.07) is 8.21. The van der Waals surface area contributed by atoms with Gasteiger partial charge in [-0.15, -0.1) is 0 Å². The average Bonchev–Trinajstić information content (AvgIpc) is 2.86. The van der Waals surface area contributed by atoms with Gasteiger partial charge in [0, 0.05) is 64.1 Å². The number of nitrogens with zero attached hydrogens (tertiary/aromatic N) is 4. The van der Waals surface area contributed by atoms with Gasteiger partial charge in [-0.2, -0.15) is 0 Å². The second-order valence-corrected chi connectivity index (χ2v) is 7.54. The van der Waals surface area contributed by atoms with E-state index in [0.717, 1.165) is 58.1 Å². The summed E-state index contributed by atoms with van der Waals surface area (Å²) < 4.78 is 5.33. The molecule has 0 unspecified atom stereocenters. The first kappa shape index (κ1) is 27.2. The Balaban J connectivity index is 0.00000113. The van der Waals surface area contributed by atoms with Crippen molar-refractivity contribution in [2.45, 2.75) is 47.5 Å². The fraction of sp³-hybridized carbons (Fsp3) is 0.720. The van der Waals surface area contributed by atoms with E-state index >= 15 is 0 Å². The number of methoxy groups -OCH3 is 1. The van der Waals surface area contributed by atoms with E-state index in [0.29, 0.717) is 12.5 Å². The standard InChI is InChI=1S/C21H34N4O2.2C2H6/c1-3-4-8-22-9-15-25(16-10-22)21(26)18-23-11-13-24(14-12-23)19-6-5-7-20(17-19)27-2;2*1-2/h5-7,17H,3-4,8-16,18H2,1-2H3;2*1-2H3. The lowest BCUT2D eigenvalue weighted by molar-refractivity contribution is -0.134. The summed E-state index contributed by atoms with van der Waals surface area (Å²) in [7, 11) is 1.70. The van der Waals surface area contributed by atoms with Gasteiger partial charge in [0.2, 0.25) is 5.91 Å². The number of carbonyl (C=O) groups is 1. The molecule has 0 bridgehead atoms. The topological polar surface area (TPSA) is 39.3 Å². The van der Waals surface area contributed by atoms with Gasteiger partial charge in [0.25, 0.3) is 0 Å². The molecule has 2 heterocycles. The minimum Gasteiger partial charge on any atom is -0.497 e. The van der Waals surface area contributed by atoms with Crippen molar-refractivity contribution in [3.8, 4) is 5.75 Å². The van der Waals surface area contributed by atoms with Crippen LogP contribution < -0.4 is 9.64 Å². The number of carbonyl (C=O) groups excluding carboxylic acids is 1. The van der Waals surface area contributed by atoms with E-state index in [1.54, 1.807) is 7.11 Å². The Morgan fingerprint density at radius 3 is 2.10 bits per heavy atom. The van der Waals surface area contributed by atoms with Gasteiger partial charge < -0.3 is 14.5 Å². The summed E-state index contributed by atoms with van der Waals surface area (Å²) >= 11 is 0. The summed E-state index contributed by atoms with van der Waals surface area (Å²) in [4.78, 5) is 21.9. The van der Waals surface area contributed by atoms with Crippen molar-refractivity contribution in [2.24, 2.45) is 0 Å². The van der Waals surface area contributed by atoms with E-state index in [-0.39, 0.29) is 0 Å². The molecule has 6 nitrogen and oxygen atoms in total. The zero-order valence-corrected chi connectivity index (χ0v) is 20.9. The molecule has 31 heavy (non-hydrogen) atoms. The minimum atomic E-state index is 0.292. The lowest BCUT2D eigenvalue weighted by Crippen LogP contribution is -2.53. The molecule has 2 aliphatic heterocycles. The first-order valence-corrected chi connectivity index (χ1v) is 12.3. The number of unbranched alkanes of at least 4 members (excludes halogenated alkanes) is 1. The molecule has 0 atom stereocenters. The van der Waals surface area contributed by atoms with Gasteiger partial charge in [-0.3, -0.25) is 14.6 Å². The maximum absolute atomic E-state index is 12.7. The molecule has 0 radical (unpaired) electrons. The molecule has 2 aliphatic rings. The molecule has 2 saturated heterocycles. The van der Waals surface area contributed by atoms with Crippen LogP contribution in [0.4, 0.5) is 5.69 Å². The van der Waals surface area contributed by atoms with Crippen LogP contribution in [0.2, 0.25) is 0 Å². The second kappa shape index (κ2) is 15.9. The fourth-order valence-corrected chi connectivity index (χ4v) is 3.87. The Kier molecular flexibility index (Phi) is 14.0. The molecule has 1 aromatic rings. The van der Waals surface area contributed by atoms with Crippen molar-refractivity contribution in [1.29, 1.82) is 0 Å².